The summed E-state index contributed by atoms with van der Waals surface area (Å²) >= 11 is 0. The summed E-state index contributed by atoms with van der Waals surface area (Å²) in [5, 5.41) is 9.58. The van der Waals surface area contributed by atoms with Gasteiger partial charge in [-0.1, -0.05) is 0 Å². The number of carbonyl (C=O) groups is 1. The zero-order valence-electron chi connectivity index (χ0n) is 8.82. The first-order valence-electron chi connectivity index (χ1n) is 5.23. The Balaban J connectivity index is 2.43. The van der Waals surface area contributed by atoms with E-state index in [2.05, 4.69) is 4.74 Å². The fourth-order valence-electron chi connectivity index (χ4n) is 1.64. The van der Waals surface area contributed by atoms with Gasteiger partial charge in [0.05, 0.1) is 13.2 Å². The standard InChI is InChI=1S/C10H17FO4/c1-2-15-10(13)8(11)9(12)7-4-3-5-14-6-7/h7-9,12H,2-6H2,1H3. The Hall–Kier alpha value is -0.680. The molecule has 0 aromatic heterocycles. The second-order valence-electron chi connectivity index (χ2n) is 3.62. The van der Waals surface area contributed by atoms with Crippen LogP contribution in [0.25, 0.3) is 0 Å². The summed E-state index contributed by atoms with van der Waals surface area (Å²) in [5.74, 6) is -1.30. The van der Waals surface area contributed by atoms with Crippen molar-refractivity contribution in [1.29, 1.82) is 0 Å². The van der Waals surface area contributed by atoms with Gasteiger partial charge >= 0.3 is 5.97 Å². The van der Waals surface area contributed by atoms with E-state index in [1.54, 1.807) is 6.92 Å². The lowest BCUT2D eigenvalue weighted by atomic mass is 9.93. The van der Waals surface area contributed by atoms with E-state index in [1.165, 1.54) is 0 Å². The van der Waals surface area contributed by atoms with Crippen LogP contribution in [0.5, 0.6) is 0 Å². The molecule has 1 aliphatic rings. The fraction of sp³-hybridized carbons (Fsp3) is 0.900. The molecule has 0 amide bonds. The highest BCUT2D eigenvalue weighted by molar-refractivity contribution is 5.75. The van der Waals surface area contributed by atoms with Crippen LogP contribution in [0.2, 0.25) is 0 Å². The van der Waals surface area contributed by atoms with E-state index in [0.29, 0.717) is 19.6 Å². The van der Waals surface area contributed by atoms with Crippen LogP contribution in [0.3, 0.4) is 0 Å². The lowest BCUT2D eigenvalue weighted by molar-refractivity contribution is -0.156. The lowest BCUT2D eigenvalue weighted by Crippen LogP contribution is -2.40. The molecule has 88 valence electrons. The van der Waals surface area contributed by atoms with Crippen LogP contribution in [-0.2, 0) is 14.3 Å². The topological polar surface area (TPSA) is 55.8 Å². The van der Waals surface area contributed by atoms with Crippen molar-refractivity contribution in [3.63, 3.8) is 0 Å². The largest absolute Gasteiger partial charge is 0.464 e. The van der Waals surface area contributed by atoms with Gasteiger partial charge in [-0.2, -0.15) is 0 Å². The van der Waals surface area contributed by atoms with Crippen molar-refractivity contribution in [2.45, 2.75) is 32.0 Å². The van der Waals surface area contributed by atoms with Crippen molar-refractivity contribution in [3.05, 3.63) is 0 Å². The summed E-state index contributed by atoms with van der Waals surface area (Å²) in [5.41, 5.74) is 0. The molecule has 3 atom stereocenters. The average molecular weight is 220 g/mol. The van der Waals surface area contributed by atoms with Crippen molar-refractivity contribution < 1.29 is 23.8 Å². The van der Waals surface area contributed by atoms with Crippen LogP contribution < -0.4 is 0 Å². The SMILES string of the molecule is CCOC(=O)C(F)C(O)C1CCCOC1. The second-order valence-corrected chi connectivity index (χ2v) is 3.62. The summed E-state index contributed by atoms with van der Waals surface area (Å²) in [6, 6.07) is 0. The maximum Gasteiger partial charge on any atom is 0.343 e. The number of esters is 1. The van der Waals surface area contributed by atoms with Crippen LogP contribution in [0.1, 0.15) is 19.8 Å². The Morgan fingerprint density at radius 1 is 1.73 bits per heavy atom. The van der Waals surface area contributed by atoms with Gasteiger partial charge in [-0.05, 0) is 19.8 Å². The molecule has 1 fully saturated rings. The number of ether oxygens (including phenoxy) is 2. The number of hydrogen-bond acceptors (Lipinski definition) is 4. The number of hydrogen-bond donors (Lipinski definition) is 1. The molecule has 15 heavy (non-hydrogen) atoms. The molecule has 4 nitrogen and oxygen atoms in total. The lowest BCUT2D eigenvalue weighted by Gasteiger charge is -2.27. The molecule has 0 bridgehead atoms. The number of aliphatic hydroxyl groups is 1. The molecule has 1 heterocycles. The summed E-state index contributed by atoms with van der Waals surface area (Å²) < 4.78 is 23.0. The third kappa shape index (κ3) is 3.43. The molecule has 1 N–H and O–H groups in total. The number of rotatable bonds is 4. The van der Waals surface area contributed by atoms with Crippen molar-refractivity contribution in [2.75, 3.05) is 19.8 Å². The monoisotopic (exact) mass is 220 g/mol. The zero-order chi connectivity index (χ0) is 11.3. The first-order chi connectivity index (χ1) is 7.16. The van der Waals surface area contributed by atoms with Gasteiger partial charge in [-0.15, -0.1) is 0 Å². The maximum atomic E-state index is 13.4. The van der Waals surface area contributed by atoms with Crippen LogP contribution >= 0.6 is 0 Å². The minimum absolute atomic E-state index is 0.118. The number of alkyl halides is 1. The van der Waals surface area contributed by atoms with Gasteiger partial charge in [0.2, 0.25) is 6.17 Å². The van der Waals surface area contributed by atoms with Gasteiger partial charge < -0.3 is 14.6 Å². The van der Waals surface area contributed by atoms with Crippen LogP contribution in [-0.4, -0.2) is 43.2 Å². The minimum atomic E-state index is -1.96. The average Bonchev–Trinajstić information content (AvgIpc) is 2.28. The second kappa shape index (κ2) is 6.02. The molecule has 0 saturated carbocycles. The molecule has 0 aliphatic carbocycles. The predicted molar refractivity (Wildman–Crippen MR) is 51.1 cm³/mol. The highest BCUT2D eigenvalue weighted by Crippen LogP contribution is 2.21. The third-order valence-corrected chi connectivity index (χ3v) is 2.49. The van der Waals surface area contributed by atoms with E-state index >= 15 is 0 Å². The third-order valence-electron chi connectivity index (χ3n) is 2.49. The molecule has 0 aromatic carbocycles. The predicted octanol–water partition coefficient (Wildman–Crippen LogP) is 0.675. The van der Waals surface area contributed by atoms with E-state index < -0.39 is 18.2 Å². The molecule has 3 unspecified atom stereocenters. The Bertz CT molecular complexity index is 204. The summed E-state index contributed by atoms with van der Waals surface area (Å²) in [4.78, 5) is 11.0. The molecule has 1 aliphatic heterocycles. The smallest absolute Gasteiger partial charge is 0.343 e. The molecule has 1 saturated heterocycles. The van der Waals surface area contributed by atoms with Gasteiger partial charge in [0.25, 0.3) is 0 Å². The first kappa shape index (κ1) is 12.4. The van der Waals surface area contributed by atoms with Gasteiger partial charge in [0, 0.05) is 12.5 Å². The van der Waals surface area contributed by atoms with Crippen LogP contribution in [0.4, 0.5) is 4.39 Å². The number of aliphatic hydroxyl groups excluding tert-OH is 1. The van der Waals surface area contributed by atoms with E-state index in [1.807, 2.05) is 0 Å². The summed E-state index contributed by atoms with van der Waals surface area (Å²) in [6.07, 6.45) is -1.81. The fourth-order valence-corrected chi connectivity index (χ4v) is 1.64. The zero-order valence-corrected chi connectivity index (χ0v) is 8.82. The Morgan fingerprint density at radius 3 is 3.00 bits per heavy atom. The molecule has 0 aromatic rings. The van der Waals surface area contributed by atoms with Gasteiger partial charge in [-0.3, -0.25) is 0 Å². The molecule has 0 radical (unpaired) electrons. The normalized spacial score (nSPS) is 25.7. The van der Waals surface area contributed by atoms with Crippen molar-refractivity contribution in [2.24, 2.45) is 5.92 Å². The van der Waals surface area contributed by atoms with Crippen LogP contribution in [0, 0.1) is 5.92 Å². The highest BCUT2D eigenvalue weighted by Gasteiger charge is 2.34. The first-order valence-corrected chi connectivity index (χ1v) is 5.23. The van der Waals surface area contributed by atoms with Crippen molar-refractivity contribution in [1.82, 2.24) is 0 Å². The minimum Gasteiger partial charge on any atom is -0.464 e. The Kier molecular flexibility index (Phi) is 4.98. The Labute approximate surface area is 88.4 Å². The van der Waals surface area contributed by atoms with Gasteiger partial charge in [0.1, 0.15) is 6.10 Å². The molecule has 0 spiro atoms. The molecule has 5 heteroatoms. The van der Waals surface area contributed by atoms with E-state index in [9.17, 15) is 14.3 Å². The van der Waals surface area contributed by atoms with E-state index in [-0.39, 0.29) is 12.5 Å². The van der Waals surface area contributed by atoms with E-state index in [0.717, 1.165) is 6.42 Å². The number of halogens is 1. The highest BCUT2D eigenvalue weighted by atomic mass is 19.1. The molecular formula is C10H17FO4. The van der Waals surface area contributed by atoms with Crippen molar-refractivity contribution >= 4 is 5.97 Å². The van der Waals surface area contributed by atoms with Gasteiger partial charge in [0.15, 0.2) is 0 Å². The van der Waals surface area contributed by atoms with Crippen molar-refractivity contribution in [3.8, 4) is 0 Å². The maximum absolute atomic E-state index is 13.4. The summed E-state index contributed by atoms with van der Waals surface area (Å²) in [6.45, 7) is 2.66. The quantitative estimate of drug-likeness (QED) is 0.708. The Morgan fingerprint density at radius 2 is 2.47 bits per heavy atom. The van der Waals surface area contributed by atoms with E-state index in [4.69, 9.17) is 4.74 Å². The van der Waals surface area contributed by atoms with Gasteiger partial charge in [-0.25, -0.2) is 9.18 Å². The number of carbonyl (C=O) groups excluding carboxylic acids is 1. The molecule has 1 rings (SSSR count). The van der Waals surface area contributed by atoms with Crippen LogP contribution in [0.15, 0.2) is 0 Å². The molecular weight excluding hydrogens is 203 g/mol. The summed E-state index contributed by atoms with van der Waals surface area (Å²) in [7, 11) is 0.